The summed E-state index contributed by atoms with van der Waals surface area (Å²) < 4.78 is 10.5. The molecule has 1 amide bonds. The molecule has 0 saturated carbocycles. The molecule has 2 aromatic heterocycles. The summed E-state index contributed by atoms with van der Waals surface area (Å²) in [4.78, 5) is 27.1. The van der Waals surface area contributed by atoms with Crippen LogP contribution >= 0.6 is 11.6 Å². The van der Waals surface area contributed by atoms with Crippen molar-refractivity contribution in [3.8, 4) is 5.88 Å². The van der Waals surface area contributed by atoms with E-state index in [2.05, 4.69) is 20.3 Å². The lowest BCUT2D eigenvalue weighted by Gasteiger charge is -2.39. The van der Waals surface area contributed by atoms with Crippen molar-refractivity contribution in [3.05, 3.63) is 35.4 Å². The number of carbonyl (C=O) groups excluding carboxylic acids is 1. The highest BCUT2D eigenvalue weighted by atomic mass is 35.5. The van der Waals surface area contributed by atoms with Crippen LogP contribution in [-0.4, -0.2) is 40.8 Å². The van der Waals surface area contributed by atoms with Crippen molar-refractivity contribution >= 4 is 29.2 Å². The molecular formula is C18H22ClN5O3. The van der Waals surface area contributed by atoms with Crippen molar-refractivity contribution in [1.82, 2.24) is 15.0 Å². The molecule has 0 aromatic carbocycles. The minimum Gasteiger partial charge on any atom is -0.481 e. The fourth-order valence-electron chi connectivity index (χ4n) is 3.22. The first-order chi connectivity index (χ1) is 13.1. The number of ether oxygens (including phenoxy) is 2. The highest BCUT2D eigenvalue weighted by Gasteiger charge is 2.37. The maximum absolute atomic E-state index is 12.6. The van der Waals surface area contributed by atoms with Crippen LogP contribution < -0.4 is 15.0 Å². The third-order valence-corrected chi connectivity index (χ3v) is 4.59. The van der Waals surface area contributed by atoms with Gasteiger partial charge in [-0.15, -0.1) is 0 Å². The van der Waals surface area contributed by atoms with E-state index in [0.29, 0.717) is 41.3 Å². The molecule has 1 aliphatic heterocycles. The van der Waals surface area contributed by atoms with Crippen molar-refractivity contribution in [2.24, 2.45) is 0 Å². The van der Waals surface area contributed by atoms with Crippen LogP contribution in [-0.2, 0) is 4.74 Å². The first-order valence-electron chi connectivity index (χ1n) is 8.82. The highest BCUT2D eigenvalue weighted by molar-refractivity contribution is 6.29. The van der Waals surface area contributed by atoms with E-state index in [1.54, 1.807) is 31.2 Å². The number of hydrogen-bond donors (Lipinski definition) is 1. The minimum atomic E-state index is -0.376. The van der Waals surface area contributed by atoms with Crippen molar-refractivity contribution < 1.29 is 14.3 Å². The van der Waals surface area contributed by atoms with Crippen LogP contribution in [0, 0.1) is 0 Å². The van der Waals surface area contributed by atoms with Gasteiger partial charge in [-0.1, -0.05) is 18.5 Å². The smallest absolute Gasteiger partial charge is 0.414 e. The monoisotopic (exact) mass is 391 g/mol. The van der Waals surface area contributed by atoms with Crippen LogP contribution in [0.25, 0.3) is 0 Å². The van der Waals surface area contributed by atoms with Crippen LogP contribution in [0.3, 0.4) is 0 Å². The first-order valence-corrected chi connectivity index (χ1v) is 9.20. The van der Waals surface area contributed by atoms with Crippen LogP contribution in [0.4, 0.5) is 16.3 Å². The van der Waals surface area contributed by atoms with Gasteiger partial charge in [0.25, 0.3) is 0 Å². The number of carbonyl (C=O) groups is 1. The average molecular weight is 392 g/mol. The summed E-state index contributed by atoms with van der Waals surface area (Å²) in [7, 11) is 1.56. The second-order valence-corrected chi connectivity index (χ2v) is 6.44. The molecule has 3 heterocycles. The number of rotatable bonds is 5. The van der Waals surface area contributed by atoms with Gasteiger partial charge in [0.1, 0.15) is 11.0 Å². The number of aromatic nitrogens is 3. The van der Waals surface area contributed by atoms with E-state index < -0.39 is 0 Å². The third-order valence-electron chi connectivity index (χ3n) is 4.41. The van der Waals surface area contributed by atoms with Gasteiger partial charge in [0.05, 0.1) is 43.5 Å². The molecule has 0 bridgehead atoms. The van der Waals surface area contributed by atoms with Crippen LogP contribution in [0.1, 0.15) is 38.4 Å². The number of pyridine rings is 1. The van der Waals surface area contributed by atoms with Gasteiger partial charge < -0.3 is 14.8 Å². The van der Waals surface area contributed by atoms with E-state index in [1.807, 2.05) is 13.0 Å². The Labute approximate surface area is 162 Å². The molecule has 9 heteroatoms. The summed E-state index contributed by atoms with van der Waals surface area (Å²) in [6, 6.07) is 3.34. The Hall–Kier alpha value is -2.61. The predicted octanol–water partition coefficient (Wildman–Crippen LogP) is 3.83. The van der Waals surface area contributed by atoms with Crippen molar-refractivity contribution in [3.63, 3.8) is 0 Å². The summed E-state index contributed by atoms with van der Waals surface area (Å²) in [6.45, 7) is 4.14. The molecule has 2 atom stereocenters. The lowest BCUT2D eigenvalue weighted by molar-refractivity contribution is 0.155. The largest absolute Gasteiger partial charge is 0.481 e. The van der Waals surface area contributed by atoms with Crippen molar-refractivity contribution in [2.75, 3.05) is 23.9 Å². The zero-order valence-corrected chi connectivity index (χ0v) is 16.2. The molecule has 8 nitrogen and oxygen atoms in total. The predicted molar refractivity (Wildman–Crippen MR) is 102 cm³/mol. The number of hydrogen-bond acceptors (Lipinski definition) is 7. The number of anilines is 2. The highest BCUT2D eigenvalue weighted by Crippen LogP contribution is 2.40. The summed E-state index contributed by atoms with van der Waals surface area (Å²) in [5.74, 6) is 1.01. The summed E-state index contributed by atoms with van der Waals surface area (Å²) in [6.07, 6.45) is 4.10. The summed E-state index contributed by atoms with van der Waals surface area (Å²) in [5, 5.41) is 3.63. The molecule has 1 aliphatic rings. The fourth-order valence-corrected chi connectivity index (χ4v) is 3.36. The second kappa shape index (κ2) is 8.39. The Bertz CT molecular complexity index is 819. The minimum absolute atomic E-state index is 0.0450. The molecule has 0 fully saturated rings. The Balaban J connectivity index is 2.02. The lowest BCUT2D eigenvalue weighted by Crippen LogP contribution is -2.46. The number of methoxy groups -OCH3 is 1. The SMILES string of the molecule is CCOC(=O)N1c2ccc(OC)nc2C(Nc2cncc(Cl)n2)CC1CC. The molecule has 1 N–H and O–H groups in total. The first kappa shape index (κ1) is 19.2. The van der Waals surface area contributed by atoms with Crippen molar-refractivity contribution in [1.29, 1.82) is 0 Å². The van der Waals surface area contributed by atoms with E-state index in [9.17, 15) is 4.79 Å². The number of halogens is 1. The number of amides is 1. The number of fused-ring (bicyclic) bond motifs is 1. The fraction of sp³-hybridized carbons (Fsp3) is 0.444. The van der Waals surface area contributed by atoms with Gasteiger partial charge >= 0.3 is 6.09 Å². The molecule has 27 heavy (non-hydrogen) atoms. The maximum Gasteiger partial charge on any atom is 0.414 e. The molecule has 144 valence electrons. The van der Waals surface area contributed by atoms with Gasteiger partial charge in [-0.05, 0) is 25.8 Å². The number of nitrogens with zero attached hydrogens (tertiary/aromatic N) is 4. The van der Waals surface area contributed by atoms with E-state index in [0.717, 1.165) is 6.42 Å². The normalized spacial score (nSPS) is 18.6. The van der Waals surface area contributed by atoms with Gasteiger partial charge in [-0.25, -0.2) is 14.8 Å². The lowest BCUT2D eigenvalue weighted by atomic mass is 9.93. The number of nitrogens with one attached hydrogen (secondary N) is 1. The Morgan fingerprint density at radius 3 is 2.81 bits per heavy atom. The standard InChI is InChI=1S/C18H22ClN5O3/c1-4-11-8-12(21-15-10-20-9-14(19)22-15)17-13(6-7-16(23-17)26-3)24(11)18(25)27-5-2/h6-7,9-12H,4-5,8H2,1-3H3,(H,21,22). The second-order valence-electron chi connectivity index (χ2n) is 6.05. The molecular weight excluding hydrogens is 370 g/mol. The molecule has 0 saturated heterocycles. The molecule has 2 unspecified atom stereocenters. The molecule has 2 aromatic rings. The van der Waals surface area contributed by atoms with Gasteiger partial charge in [0.2, 0.25) is 5.88 Å². The van der Waals surface area contributed by atoms with Gasteiger partial charge in [-0.3, -0.25) is 9.88 Å². The quantitative estimate of drug-likeness (QED) is 0.828. The molecule has 0 aliphatic carbocycles. The van der Waals surface area contributed by atoms with Crippen LogP contribution in [0.2, 0.25) is 5.15 Å². The maximum atomic E-state index is 12.6. The van der Waals surface area contributed by atoms with E-state index in [-0.39, 0.29) is 18.2 Å². The van der Waals surface area contributed by atoms with Crippen LogP contribution in [0.5, 0.6) is 5.88 Å². The van der Waals surface area contributed by atoms with E-state index >= 15 is 0 Å². The Morgan fingerprint density at radius 2 is 2.15 bits per heavy atom. The van der Waals surface area contributed by atoms with Crippen LogP contribution in [0.15, 0.2) is 24.5 Å². The topological polar surface area (TPSA) is 89.5 Å². The average Bonchev–Trinajstić information content (AvgIpc) is 2.67. The third kappa shape index (κ3) is 4.05. The molecule has 0 radical (unpaired) electrons. The Kier molecular flexibility index (Phi) is 5.95. The summed E-state index contributed by atoms with van der Waals surface area (Å²) >= 11 is 5.95. The van der Waals surface area contributed by atoms with Gasteiger partial charge in [0.15, 0.2) is 0 Å². The van der Waals surface area contributed by atoms with Crippen molar-refractivity contribution in [2.45, 2.75) is 38.8 Å². The zero-order valence-electron chi connectivity index (χ0n) is 15.5. The molecule has 0 spiro atoms. The van der Waals surface area contributed by atoms with Gasteiger partial charge in [0, 0.05) is 12.1 Å². The summed E-state index contributed by atoms with van der Waals surface area (Å²) in [5.41, 5.74) is 1.38. The van der Waals surface area contributed by atoms with Gasteiger partial charge in [-0.2, -0.15) is 0 Å². The molecule has 3 rings (SSSR count). The zero-order chi connectivity index (χ0) is 19.4. The Morgan fingerprint density at radius 1 is 1.33 bits per heavy atom. The van der Waals surface area contributed by atoms with E-state index in [1.165, 1.54) is 6.20 Å². The van der Waals surface area contributed by atoms with E-state index in [4.69, 9.17) is 21.1 Å².